The first-order valence-corrected chi connectivity index (χ1v) is 5.59. The lowest BCUT2D eigenvalue weighted by Crippen LogP contribution is -2.27. The van der Waals surface area contributed by atoms with E-state index in [1.807, 2.05) is 19.4 Å². The van der Waals surface area contributed by atoms with Crippen LogP contribution in [0.4, 0.5) is 0 Å². The van der Waals surface area contributed by atoms with Crippen LogP contribution in [0.25, 0.3) is 0 Å². The molecule has 1 aromatic rings. The minimum Gasteiger partial charge on any atom is -0.377 e. The largest absolute Gasteiger partial charge is 0.377 e. The van der Waals surface area contributed by atoms with E-state index in [1.54, 1.807) is 0 Å². The Kier molecular flexibility index (Phi) is 5.36. The van der Waals surface area contributed by atoms with Crippen LogP contribution >= 0.6 is 0 Å². The van der Waals surface area contributed by atoms with Gasteiger partial charge in [-0.25, -0.2) is 4.98 Å². The van der Waals surface area contributed by atoms with Crippen molar-refractivity contribution in [3.05, 3.63) is 18.2 Å². The number of hydrogen-bond acceptors (Lipinski definition) is 3. The van der Waals surface area contributed by atoms with Gasteiger partial charge in [-0.3, -0.25) is 0 Å². The highest BCUT2D eigenvalue weighted by atomic mass is 16.5. The summed E-state index contributed by atoms with van der Waals surface area (Å²) in [5.74, 6) is 0. The van der Waals surface area contributed by atoms with Gasteiger partial charge in [0.25, 0.3) is 0 Å². The number of rotatable bonds is 7. The standard InChI is InChI=1S/C11H21N3O/c1-4-14-9-13-8-11(14)7-12-6-10(3)15-5-2/h8-10,12H,4-7H2,1-3H3. The lowest BCUT2D eigenvalue weighted by molar-refractivity contribution is 0.0758. The van der Waals surface area contributed by atoms with Crippen molar-refractivity contribution in [3.63, 3.8) is 0 Å². The topological polar surface area (TPSA) is 39.1 Å². The molecular weight excluding hydrogens is 190 g/mol. The van der Waals surface area contributed by atoms with Crippen LogP contribution in [0.3, 0.4) is 0 Å². The molecule has 15 heavy (non-hydrogen) atoms. The molecule has 86 valence electrons. The van der Waals surface area contributed by atoms with Crippen molar-refractivity contribution in [1.29, 1.82) is 0 Å². The fourth-order valence-corrected chi connectivity index (χ4v) is 1.53. The van der Waals surface area contributed by atoms with Crippen molar-refractivity contribution >= 4 is 0 Å². The number of imidazole rings is 1. The lowest BCUT2D eigenvalue weighted by atomic mass is 10.3. The third-order valence-corrected chi connectivity index (χ3v) is 2.33. The zero-order valence-corrected chi connectivity index (χ0v) is 9.86. The summed E-state index contributed by atoms with van der Waals surface area (Å²) in [4.78, 5) is 4.12. The average Bonchev–Trinajstić information content (AvgIpc) is 2.66. The van der Waals surface area contributed by atoms with E-state index in [9.17, 15) is 0 Å². The smallest absolute Gasteiger partial charge is 0.0948 e. The number of hydrogen-bond donors (Lipinski definition) is 1. The number of nitrogens with zero attached hydrogens (tertiary/aromatic N) is 2. The second-order valence-corrected chi connectivity index (χ2v) is 3.57. The minimum absolute atomic E-state index is 0.271. The highest BCUT2D eigenvalue weighted by molar-refractivity contribution is 4.97. The van der Waals surface area contributed by atoms with Crippen LogP contribution in [0.5, 0.6) is 0 Å². The summed E-state index contributed by atoms with van der Waals surface area (Å²) in [7, 11) is 0. The number of ether oxygens (including phenoxy) is 1. The van der Waals surface area contributed by atoms with Gasteiger partial charge >= 0.3 is 0 Å². The molecule has 0 radical (unpaired) electrons. The zero-order chi connectivity index (χ0) is 11.1. The molecular formula is C11H21N3O. The van der Waals surface area contributed by atoms with Gasteiger partial charge in [0.2, 0.25) is 0 Å². The van der Waals surface area contributed by atoms with Crippen molar-refractivity contribution in [2.24, 2.45) is 0 Å². The normalized spacial score (nSPS) is 13.0. The average molecular weight is 211 g/mol. The van der Waals surface area contributed by atoms with Crippen LogP contribution in [0.1, 0.15) is 26.5 Å². The van der Waals surface area contributed by atoms with Gasteiger partial charge in [0.1, 0.15) is 0 Å². The molecule has 0 aromatic carbocycles. The van der Waals surface area contributed by atoms with E-state index in [0.717, 1.165) is 26.2 Å². The second kappa shape index (κ2) is 6.58. The van der Waals surface area contributed by atoms with Gasteiger partial charge in [-0.15, -0.1) is 0 Å². The van der Waals surface area contributed by atoms with Crippen LogP contribution in [-0.2, 0) is 17.8 Å². The Bertz CT molecular complexity index is 273. The highest BCUT2D eigenvalue weighted by Gasteiger charge is 2.02. The van der Waals surface area contributed by atoms with Gasteiger partial charge in [0, 0.05) is 32.4 Å². The molecule has 1 N–H and O–H groups in total. The van der Waals surface area contributed by atoms with E-state index in [0.29, 0.717) is 0 Å². The minimum atomic E-state index is 0.271. The van der Waals surface area contributed by atoms with E-state index in [4.69, 9.17) is 4.74 Å². The Balaban J connectivity index is 2.25. The Morgan fingerprint density at radius 2 is 2.33 bits per heavy atom. The molecule has 1 atom stereocenters. The molecule has 0 bridgehead atoms. The molecule has 1 unspecified atom stereocenters. The summed E-state index contributed by atoms with van der Waals surface area (Å²) in [5.41, 5.74) is 1.22. The monoisotopic (exact) mass is 211 g/mol. The van der Waals surface area contributed by atoms with Crippen molar-refractivity contribution in [1.82, 2.24) is 14.9 Å². The second-order valence-electron chi connectivity index (χ2n) is 3.57. The third-order valence-electron chi connectivity index (χ3n) is 2.33. The molecule has 4 nitrogen and oxygen atoms in total. The van der Waals surface area contributed by atoms with Crippen LogP contribution < -0.4 is 5.32 Å². The zero-order valence-electron chi connectivity index (χ0n) is 9.86. The van der Waals surface area contributed by atoms with Gasteiger partial charge in [-0.1, -0.05) is 0 Å². The van der Waals surface area contributed by atoms with Crippen LogP contribution in [-0.4, -0.2) is 28.8 Å². The fourth-order valence-electron chi connectivity index (χ4n) is 1.53. The van der Waals surface area contributed by atoms with E-state index >= 15 is 0 Å². The summed E-state index contributed by atoms with van der Waals surface area (Å²) in [6.45, 7) is 9.69. The van der Waals surface area contributed by atoms with E-state index in [2.05, 4.69) is 28.7 Å². The molecule has 0 saturated carbocycles. The predicted octanol–water partition coefficient (Wildman–Crippen LogP) is 1.42. The van der Waals surface area contributed by atoms with Crippen molar-refractivity contribution in [2.45, 2.75) is 40.0 Å². The molecule has 0 aliphatic rings. The molecule has 0 amide bonds. The summed E-state index contributed by atoms with van der Waals surface area (Å²) in [6, 6.07) is 0. The van der Waals surface area contributed by atoms with Gasteiger partial charge < -0.3 is 14.6 Å². The SMILES string of the molecule is CCOC(C)CNCc1cncn1CC. The van der Waals surface area contributed by atoms with Gasteiger partial charge in [-0.05, 0) is 20.8 Å². The number of aryl methyl sites for hydroxylation is 1. The number of nitrogens with one attached hydrogen (secondary N) is 1. The van der Waals surface area contributed by atoms with Crippen LogP contribution in [0.15, 0.2) is 12.5 Å². The molecule has 0 aliphatic carbocycles. The Hall–Kier alpha value is -0.870. The summed E-state index contributed by atoms with van der Waals surface area (Å²) < 4.78 is 7.57. The number of aromatic nitrogens is 2. The Morgan fingerprint density at radius 3 is 3.00 bits per heavy atom. The molecule has 1 heterocycles. The first kappa shape index (κ1) is 12.2. The third kappa shape index (κ3) is 4.01. The van der Waals surface area contributed by atoms with Gasteiger partial charge in [0.15, 0.2) is 0 Å². The Morgan fingerprint density at radius 1 is 1.53 bits per heavy atom. The van der Waals surface area contributed by atoms with E-state index < -0.39 is 0 Å². The lowest BCUT2D eigenvalue weighted by Gasteiger charge is -2.12. The molecule has 1 aromatic heterocycles. The molecule has 1 rings (SSSR count). The maximum Gasteiger partial charge on any atom is 0.0948 e. The van der Waals surface area contributed by atoms with Gasteiger partial charge in [0.05, 0.1) is 18.1 Å². The van der Waals surface area contributed by atoms with Crippen LogP contribution in [0, 0.1) is 0 Å². The summed E-state index contributed by atoms with van der Waals surface area (Å²) in [5, 5.41) is 3.36. The summed E-state index contributed by atoms with van der Waals surface area (Å²) in [6.07, 6.45) is 4.04. The maximum absolute atomic E-state index is 5.43. The quantitative estimate of drug-likeness (QED) is 0.741. The highest BCUT2D eigenvalue weighted by Crippen LogP contribution is 1.98. The molecule has 0 saturated heterocycles. The van der Waals surface area contributed by atoms with Crippen molar-refractivity contribution < 1.29 is 4.74 Å². The van der Waals surface area contributed by atoms with E-state index in [1.165, 1.54) is 5.69 Å². The molecule has 0 fully saturated rings. The Labute approximate surface area is 91.7 Å². The van der Waals surface area contributed by atoms with Crippen molar-refractivity contribution in [2.75, 3.05) is 13.2 Å². The molecule has 4 heteroatoms. The fraction of sp³-hybridized carbons (Fsp3) is 0.727. The maximum atomic E-state index is 5.43. The predicted molar refractivity (Wildman–Crippen MR) is 60.7 cm³/mol. The van der Waals surface area contributed by atoms with Gasteiger partial charge in [-0.2, -0.15) is 0 Å². The molecule has 0 spiro atoms. The first-order valence-electron chi connectivity index (χ1n) is 5.59. The first-order chi connectivity index (χ1) is 7.27. The van der Waals surface area contributed by atoms with E-state index in [-0.39, 0.29) is 6.10 Å². The summed E-state index contributed by atoms with van der Waals surface area (Å²) >= 11 is 0. The molecule has 0 aliphatic heterocycles. The van der Waals surface area contributed by atoms with Crippen LogP contribution in [0.2, 0.25) is 0 Å². The van der Waals surface area contributed by atoms with Crippen molar-refractivity contribution in [3.8, 4) is 0 Å².